The molecule has 1 aromatic rings. The molecular weight excluding hydrogens is 238 g/mol. The number of hydrogen-bond donors (Lipinski definition) is 2. The van der Waals surface area contributed by atoms with E-state index in [1.54, 1.807) is 0 Å². The second-order valence-corrected chi connectivity index (χ2v) is 4.58. The van der Waals surface area contributed by atoms with E-state index in [1.165, 1.54) is 12.1 Å². The van der Waals surface area contributed by atoms with E-state index in [0.717, 1.165) is 25.6 Å². The Kier molecular flexibility index (Phi) is 4.25. The maximum absolute atomic E-state index is 13.3. The van der Waals surface area contributed by atoms with Crippen LogP contribution in [0.1, 0.15) is 18.4 Å². The number of amides is 1. The first-order valence-corrected chi connectivity index (χ1v) is 6.06. The van der Waals surface area contributed by atoms with Crippen LogP contribution in [0.25, 0.3) is 0 Å². The standard InChI is InChI=1S/C13H16F2N2O/c14-11-2-1-10(12(15)6-11)8-17-13(18)5-9-3-4-16-7-9/h1-2,6,9,16H,3-5,7-8H2,(H,17,18). The Morgan fingerprint density at radius 3 is 2.94 bits per heavy atom. The minimum atomic E-state index is -0.627. The van der Waals surface area contributed by atoms with Crippen molar-refractivity contribution < 1.29 is 13.6 Å². The summed E-state index contributed by atoms with van der Waals surface area (Å²) in [6.45, 7) is 1.91. The molecule has 2 rings (SSSR count). The van der Waals surface area contributed by atoms with Crippen LogP contribution in [-0.4, -0.2) is 19.0 Å². The number of benzene rings is 1. The topological polar surface area (TPSA) is 41.1 Å². The van der Waals surface area contributed by atoms with Gasteiger partial charge in [0.1, 0.15) is 11.6 Å². The fourth-order valence-electron chi connectivity index (χ4n) is 2.08. The van der Waals surface area contributed by atoms with Crippen LogP contribution in [0.5, 0.6) is 0 Å². The third-order valence-electron chi connectivity index (χ3n) is 3.13. The van der Waals surface area contributed by atoms with E-state index in [9.17, 15) is 13.6 Å². The summed E-state index contributed by atoms with van der Waals surface area (Å²) in [5.41, 5.74) is 0.300. The van der Waals surface area contributed by atoms with Crippen molar-refractivity contribution in [2.75, 3.05) is 13.1 Å². The Bertz CT molecular complexity index is 431. The Balaban J connectivity index is 1.81. The molecular formula is C13H16F2N2O. The van der Waals surface area contributed by atoms with E-state index >= 15 is 0 Å². The van der Waals surface area contributed by atoms with Gasteiger partial charge < -0.3 is 10.6 Å². The monoisotopic (exact) mass is 254 g/mol. The first kappa shape index (κ1) is 13.0. The average Bonchev–Trinajstić information content (AvgIpc) is 2.80. The molecule has 1 atom stereocenters. The maximum atomic E-state index is 13.3. The molecule has 0 saturated carbocycles. The molecule has 1 aliphatic rings. The van der Waals surface area contributed by atoms with Crippen molar-refractivity contribution in [2.24, 2.45) is 5.92 Å². The highest BCUT2D eigenvalue weighted by molar-refractivity contribution is 5.76. The van der Waals surface area contributed by atoms with Crippen molar-refractivity contribution in [3.63, 3.8) is 0 Å². The zero-order chi connectivity index (χ0) is 13.0. The molecule has 1 aromatic carbocycles. The molecule has 1 aliphatic heterocycles. The summed E-state index contributed by atoms with van der Waals surface area (Å²) in [5, 5.41) is 5.84. The van der Waals surface area contributed by atoms with Crippen LogP contribution in [0.4, 0.5) is 8.78 Å². The number of halogens is 2. The zero-order valence-corrected chi connectivity index (χ0v) is 10.0. The lowest BCUT2D eigenvalue weighted by molar-refractivity contribution is -0.122. The summed E-state index contributed by atoms with van der Waals surface area (Å²) in [6, 6.07) is 3.36. The molecule has 1 fully saturated rings. The van der Waals surface area contributed by atoms with Gasteiger partial charge in [0.05, 0.1) is 0 Å². The normalized spacial score (nSPS) is 18.9. The van der Waals surface area contributed by atoms with E-state index < -0.39 is 11.6 Å². The number of carbonyl (C=O) groups excluding carboxylic acids is 1. The molecule has 0 spiro atoms. The van der Waals surface area contributed by atoms with E-state index in [0.29, 0.717) is 17.9 Å². The van der Waals surface area contributed by atoms with Gasteiger partial charge in [-0.25, -0.2) is 8.78 Å². The molecule has 5 heteroatoms. The Morgan fingerprint density at radius 2 is 2.28 bits per heavy atom. The highest BCUT2D eigenvalue weighted by atomic mass is 19.1. The van der Waals surface area contributed by atoms with Crippen molar-refractivity contribution in [2.45, 2.75) is 19.4 Å². The fourth-order valence-corrected chi connectivity index (χ4v) is 2.08. The second-order valence-electron chi connectivity index (χ2n) is 4.58. The lowest BCUT2D eigenvalue weighted by atomic mass is 10.0. The van der Waals surface area contributed by atoms with Crippen LogP contribution in [0.15, 0.2) is 18.2 Å². The molecule has 1 amide bonds. The smallest absolute Gasteiger partial charge is 0.220 e. The summed E-state index contributed by atoms with van der Waals surface area (Å²) >= 11 is 0. The highest BCUT2D eigenvalue weighted by Crippen LogP contribution is 2.12. The van der Waals surface area contributed by atoms with Crippen molar-refractivity contribution in [1.82, 2.24) is 10.6 Å². The SMILES string of the molecule is O=C(CC1CCNC1)NCc1ccc(F)cc1F. The van der Waals surface area contributed by atoms with Gasteiger partial charge in [-0.3, -0.25) is 4.79 Å². The molecule has 0 bridgehead atoms. The summed E-state index contributed by atoms with van der Waals surface area (Å²) in [5.74, 6) is -0.965. The first-order chi connectivity index (χ1) is 8.65. The molecule has 98 valence electrons. The van der Waals surface area contributed by atoms with Gasteiger partial charge in [-0.05, 0) is 31.5 Å². The van der Waals surface area contributed by atoms with Gasteiger partial charge in [-0.15, -0.1) is 0 Å². The van der Waals surface area contributed by atoms with Crippen LogP contribution >= 0.6 is 0 Å². The third kappa shape index (κ3) is 3.50. The molecule has 0 aliphatic carbocycles. The van der Waals surface area contributed by atoms with E-state index in [-0.39, 0.29) is 12.5 Å². The average molecular weight is 254 g/mol. The van der Waals surface area contributed by atoms with Crippen LogP contribution in [0.3, 0.4) is 0 Å². The van der Waals surface area contributed by atoms with Crippen LogP contribution in [0, 0.1) is 17.6 Å². The van der Waals surface area contributed by atoms with Gasteiger partial charge >= 0.3 is 0 Å². The van der Waals surface area contributed by atoms with Crippen LogP contribution in [0.2, 0.25) is 0 Å². The molecule has 1 saturated heterocycles. The van der Waals surface area contributed by atoms with Gasteiger partial charge in [0.25, 0.3) is 0 Å². The van der Waals surface area contributed by atoms with Gasteiger partial charge in [-0.1, -0.05) is 6.07 Å². The molecule has 1 heterocycles. The minimum Gasteiger partial charge on any atom is -0.352 e. The van der Waals surface area contributed by atoms with Crippen molar-refractivity contribution in [1.29, 1.82) is 0 Å². The predicted octanol–water partition coefficient (Wildman–Crippen LogP) is 1.58. The van der Waals surface area contributed by atoms with Crippen molar-refractivity contribution in [3.8, 4) is 0 Å². The summed E-state index contributed by atoms with van der Waals surface area (Å²) < 4.78 is 26.0. The number of hydrogen-bond acceptors (Lipinski definition) is 2. The molecule has 18 heavy (non-hydrogen) atoms. The summed E-state index contributed by atoms with van der Waals surface area (Å²) in [7, 11) is 0. The molecule has 0 aromatic heterocycles. The molecule has 3 nitrogen and oxygen atoms in total. The largest absolute Gasteiger partial charge is 0.352 e. The van der Waals surface area contributed by atoms with Gasteiger partial charge in [0.2, 0.25) is 5.91 Å². The van der Waals surface area contributed by atoms with E-state index in [4.69, 9.17) is 0 Å². The Hall–Kier alpha value is -1.49. The van der Waals surface area contributed by atoms with Crippen molar-refractivity contribution >= 4 is 5.91 Å². The van der Waals surface area contributed by atoms with Crippen molar-refractivity contribution in [3.05, 3.63) is 35.4 Å². The van der Waals surface area contributed by atoms with Crippen LogP contribution in [-0.2, 0) is 11.3 Å². The van der Waals surface area contributed by atoms with E-state index in [2.05, 4.69) is 10.6 Å². The number of carbonyl (C=O) groups is 1. The molecule has 1 unspecified atom stereocenters. The highest BCUT2D eigenvalue weighted by Gasteiger charge is 2.17. The lowest BCUT2D eigenvalue weighted by Crippen LogP contribution is -2.26. The zero-order valence-electron chi connectivity index (χ0n) is 10.0. The lowest BCUT2D eigenvalue weighted by Gasteiger charge is -2.09. The quantitative estimate of drug-likeness (QED) is 0.856. The minimum absolute atomic E-state index is 0.0903. The van der Waals surface area contributed by atoms with Crippen LogP contribution < -0.4 is 10.6 Å². The Labute approximate surface area is 105 Å². The van der Waals surface area contributed by atoms with Gasteiger partial charge in [0, 0.05) is 24.6 Å². The maximum Gasteiger partial charge on any atom is 0.220 e. The van der Waals surface area contributed by atoms with Gasteiger partial charge in [0.15, 0.2) is 0 Å². The summed E-state index contributed by atoms with van der Waals surface area (Å²) in [6.07, 6.45) is 1.45. The van der Waals surface area contributed by atoms with Gasteiger partial charge in [-0.2, -0.15) is 0 Å². The van der Waals surface area contributed by atoms with E-state index in [1.807, 2.05) is 0 Å². The number of rotatable bonds is 4. The summed E-state index contributed by atoms with van der Waals surface area (Å²) in [4.78, 5) is 11.6. The third-order valence-corrected chi connectivity index (χ3v) is 3.13. The predicted molar refractivity (Wildman–Crippen MR) is 63.8 cm³/mol. The fraction of sp³-hybridized carbons (Fsp3) is 0.462. The second kappa shape index (κ2) is 5.91. The number of nitrogens with one attached hydrogen (secondary N) is 2. The molecule has 2 N–H and O–H groups in total. The molecule has 0 radical (unpaired) electrons. The Morgan fingerprint density at radius 1 is 1.44 bits per heavy atom. The first-order valence-electron chi connectivity index (χ1n) is 6.06.